The zero-order valence-corrected chi connectivity index (χ0v) is 14.4. The van der Waals surface area contributed by atoms with E-state index < -0.39 is 0 Å². The standard InChI is InChI=1S/C19H24N4O2/c1-2-17(12-20-7-1)25-19-14-21-13-18(22-19)15-3-8-23(9-4-15)16-5-10-24-11-6-16/h1-2,7,12-16H,3-6,8-11H2. The summed E-state index contributed by atoms with van der Waals surface area (Å²) in [7, 11) is 0. The minimum absolute atomic E-state index is 0.459. The van der Waals surface area contributed by atoms with Crippen LogP contribution < -0.4 is 4.74 Å². The van der Waals surface area contributed by atoms with Gasteiger partial charge in [-0.3, -0.25) is 9.97 Å². The summed E-state index contributed by atoms with van der Waals surface area (Å²) < 4.78 is 11.2. The van der Waals surface area contributed by atoms with Gasteiger partial charge in [0, 0.05) is 37.6 Å². The van der Waals surface area contributed by atoms with Crippen molar-refractivity contribution in [3.8, 4) is 11.6 Å². The Kier molecular flexibility index (Phi) is 5.18. The molecule has 132 valence electrons. The summed E-state index contributed by atoms with van der Waals surface area (Å²) in [6.45, 7) is 4.07. The maximum atomic E-state index is 5.77. The van der Waals surface area contributed by atoms with E-state index in [1.54, 1.807) is 18.6 Å². The molecule has 2 saturated heterocycles. The Bertz CT molecular complexity index is 668. The lowest BCUT2D eigenvalue weighted by molar-refractivity contribution is 0.0250. The third-order valence-electron chi connectivity index (χ3n) is 5.14. The first-order valence-corrected chi connectivity index (χ1v) is 9.10. The topological polar surface area (TPSA) is 60.4 Å². The summed E-state index contributed by atoms with van der Waals surface area (Å²) in [5.41, 5.74) is 1.04. The lowest BCUT2D eigenvalue weighted by Crippen LogP contribution is -2.43. The fourth-order valence-electron chi connectivity index (χ4n) is 3.75. The van der Waals surface area contributed by atoms with Crippen molar-refractivity contribution >= 4 is 0 Å². The monoisotopic (exact) mass is 340 g/mol. The van der Waals surface area contributed by atoms with Gasteiger partial charge < -0.3 is 14.4 Å². The summed E-state index contributed by atoms with van der Waals surface area (Å²) in [6.07, 6.45) is 11.5. The van der Waals surface area contributed by atoms with Crippen LogP contribution in [0.4, 0.5) is 0 Å². The number of ether oxygens (including phenoxy) is 2. The van der Waals surface area contributed by atoms with Gasteiger partial charge in [0.1, 0.15) is 5.75 Å². The predicted molar refractivity (Wildman–Crippen MR) is 93.7 cm³/mol. The molecule has 0 N–H and O–H groups in total. The number of hydrogen-bond donors (Lipinski definition) is 0. The Morgan fingerprint density at radius 3 is 2.60 bits per heavy atom. The highest BCUT2D eigenvalue weighted by atomic mass is 16.5. The van der Waals surface area contributed by atoms with Crippen molar-refractivity contribution in [3.63, 3.8) is 0 Å². The molecule has 0 spiro atoms. The van der Waals surface area contributed by atoms with E-state index in [0.717, 1.165) is 44.8 Å². The van der Waals surface area contributed by atoms with E-state index in [0.29, 0.717) is 23.6 Å². The number of rotatable bonds is 4. The van der Waals surface area contributed by atoms with Crippen LogP contribution in [0.15, 0.2) is 36.9 Å². The first-order valence-electron chi connectivity index (χ1n) is 9.10. The molecule has 0 radical (unpaired) electrons. The molecule has 0 bridgehead atoms. The van der Waals surface area contributed by atoms with Gasteiger partial charge in [-0.1, -0.05) is 0 Å². The Balaban J connectivity index is 1.37. The minimum atomic E-state index is 0.459. The van der Waals surface area contributed by atoms with Gasteiger partial charge in [0.25, 0.3) is 0 Å². The molecule has 0 aliphatic carbocycles. The second-order valence-electron chi connectivity index (χ2n) is 6.73. The van der Waals surface area contributed by atoms with Gasteiger partial charge in [-0.15, -0.1) is 0 Å². The minimum Gasteiger partial charge on any atom is -0.436 e. The molecule has 0 unspecified atom stereocenters. The van der Waals surface area contributed by atoms with Gasteiger partial charge in [-0.25, -0.2) is 4.98 Å². The predicted octanol–water partition coefficient (Wildman–Crippen LogP) is 3.02. The summed E-state index contributed by atoms with van der Waals surface area (Å²) in [5, 5.41) is 0. The fourth-order valence-corrected chi connectivity index (χ4v) is 3.75. The third-order valence-corrected chi connectivity index (χ3v) is 5.14. The van der Waals surface area contributed by atoms with Crippen LogP contribution in [0.2, 0.25) is 0 Å². The molecule has 4 heterocycles. The van der Waals surface area contributed by atoms with Gasteiger partial charge in [0.2, 0.25) is 5.88 Å². The molecule has 4 rings (SSSR count). The average Bonchev–Trinajstić information content (AvgIpc) is 2.70. The fraction of sp³-hybridized carbons (Fsp3) is 0.526. The van der Waals surface area contributed by atoms with Crippen LogP contribution in [-0.2, 0) is 4.74 Å². The van der Waals surface area contributed by atoms with Crippen LogP contribution in [0.25, 0.3) is 0 Å². The van der Waals surface area contributed by atoms with Gasteiger partial charge >= 0.3 is 0 Å². The largest absolute Gasteiger partial charge is 0.436 e. The molecule has 0 amide bonds. The number of pyridine rings is 1. The quantitative estimate of drug-likeness (QED) is 0.853. The van der Waals surface area contributed by atoms with Crippen molar-refractivity contribution in [1.29, 1.82) is 0 Å². The Labute approximate surface area is 148 Å². The van der Waals surface area contributed by atoms with Crippen molar-refractivity contribution in [2.24, 2.45) is 0 Å². The molecule has 0 aromatic carbocycles. The highest BCUT2D eigenvalue weighted by Crippen LogP contribution is 2.30. The number of hydrogen-bond acceptors (Lipinski definition) is 6. The van der Waals surface area contributed by atoms with Gasteiger partial charge in [0.05, 0.1) is 18.1 Å². The number of likely N-dealkylation sites (tertiary alicyclic amines) is 1. The first-order chi connectivity index (χ1) is 12.4. The highest BCUT2D eigenvalue weighted by Gasteiger charge is 2.27. The molecule has 6 nitrogen and oxygen atoms in total. The zero-order chi connectivity index (χ0) is 16.9. The smallest absolute Gasteiger partial charge is 0.238 e. The van der Waals surface area contributed by atoms with Crippen molar-refractivity contribution < 1.29 is 9.47 Å². The van der Waals surface area contributed by atoms with Gasteiger partial charge in [0.15, 0.2) is 0 Å². The Hall–Kier alpha value is -2.05. The molecule has 2 fully saturated rings. The zero-order valence-electron chi connectivity index (χ0n) is 14.4. The number of aromatic nitrogens is 3. The van der Waals surface area contributed by atoms with E-state index in [9.17, 15) is 0 Å². The first kappa shape index (κ1) is 16.4. The van der Waals surface area contributed by atoms with E-state index in [4.69, 9.17) is 9.47 Å². The van der Waals surface area contributed by atoms with E-state index >= 15 is 0 Å². The number of nitrogens with zero attached hydrogens (tertiary/aromatic N) is 4. The van der Waals surface area contributed by atoms with Crippen LogP contribution in [0.5, 0.6) is 11.6 Å². The normalized spacial score (nSPS) is 20.5. The second-order valence-corrected chi connectivity index (χ2v) is 6.73. The van der Waals surface area contributed by atoms with E-state index in [-0.39, 0.29) is 0 Å². The van der Waals surface area contributed by atoms with Crippen LogP contribution in [-0.4, -0.2) is 52.2 Å². The summed E-state index contributed by atoms with van der Waals surface area (Å²) in [4.78, 5) is 15.7. The van der Waals surface area contributed by atoms with Crippen molar-refractivity contribution in [3.05, 3.63) is 42.6 Å². The van der Waals surface area contributed by atoms with E-state index in [2.05, 4.69) is 19.9 Å². The van der Waals surface area contributed by atoms with Gasteiger partial charge in [-0.05, 0) is 50.9 Å². The maximum Gasteiger partial charge on any atom is 0.238 e. The van der Waals surface area contributed by atoms with Crippen molar-refractivity contribution in [1.82, 2.24) is 19.9 Å². The van der Waals surface area contributed by atoms with Crippen LogP contribution in [0, 0.1) is 0 Å². The molecule has 25 heavy (non-hydrogen) atoms. The molecular weight excluding hydrogens is 316 g/mol. The third kappa shape index (κ3) is 4.14. The summed E-state index contributed by atoms with van der Waals surface area (Å²) in [5.74, 6) is 1.68. The lowest BCUT2D eigenvalue weighted by atomic mass is 9.92. The molecule has 2 aromatic rings. The Morgan fingerprint density at radius 2 is 1.84 bits per heavy atom. The molecule has 2 aliphatic rings. The second kappa shape index (κ2) is 7.89. The van der Waals surface area contributed by atoms with Crippen LogP contribution in [0.1, 0.15) is 37.3 Å². The molecule has 2 aromatic heterocycles. The molecule has 0 saturated carbocycles. The molecular formula is C19H24N4O2. The Morgan fingerprint density at radius 1 is 1.00 bits per heavy atom. The summed E-state index contributed by atoms with van der Waals surface area (Å²) >= 11 is 0. The van der Waals surface area contributed by atoms with E-state index in [1.165, 1.54) is 12.8 Å². The summed E-state index contributed by atoms with van der Waals surface area (Å²) in [6, 6.07) is 4.41. The van der Waals surface area contributed by atoms with Gasteiger partial charge in [-0.2, -0.15) is 0 Å². The van der Waals surface area contributed by atoms with Crippen LogP contribution in [0.3, 0.4) is 0 Å². The van der Waals surface area contributed by atoms with Crippen molar-refractivity contribution in [2.75, 3.05) is 26.3 Å². The lowest BCUT2D eigenvalue weighted by Gasteiger charge is -2.39. The maximum absolute atomic E-state index is 5.77. The van der Waals surface area contributed by atoms with Crippen molar-refractivity contribution in [2.45, 2.75) is 37.6 Å². The SMILES string of the molecule is c1cncc(Oc2cncc(C3CCN(C4CCOCC4)CC3)n2)c1. The van der Waals surface area contributed by atoms with E-state index in [1.807, 2.05) is 18.3 Å². The molecule has 2 aliphatic heterocycles. The molecule has 6 heteroatoms. The highest BCUT2D eigenvalue weighted by molar-refractivity contribution is 5.23. The van der Waals surface area contributed by atoms with Crippen LogP contribution >= 0.6 is 0 Å². The molecule has 0 atom stereocenters. The average molecular weight is 340 g/mol. The number of piperidine rings is 1.